The van der Waals surface area contributed by atoms with E-state index in [9.17, 15) is 24.1 Å². The van der Waals surface area contributed by atoms with Gasteiger partial charge in [-0.3, -0.25) is 19.7 Å². The van der Waals surface area contributed by atoms with E-state index in [1.54, 1.807) is 0 Å². The summed E-state index contributed by atoms with van der Waals surface area (Å²) in [5.74, 6) is -2.56. The second kappa shape index (κ2) is 5.86. The Morgan fingerprint density at radius 1 is 1.43 bits per heavy atom. The Bertz CT molecular complexity index is 600. The summed E-state index contributed by atoms with van der Waals surface area (Å²) in [6.07, 6.45) is 1.41. The number of halogens is 1. The van der Waals surface area contributed by atoms with Crippen LogP contribution in [0.25, 0.3) is 0 Å². The highest BCUT2D eigenvalue weighted by molar-refractivity contribution is 5.95. The maximum absolute atomic E-state index is 13.3. The van der Waals surface area contributed by atoms with Crippen molar-refractivity contribution in [3.8, 4) is 0 Å². The van der Waals surface area contributed by atoms with Crippen LogP contribution in [0.2, 0.25) is 0 Å². The SMILES string of the molecule is O=C(O)CC(NC(=O)c1cc(F)cc([N+](=O)[O-])c1)C1CC1. The van der Waals surface area contributed by atoms with Crippen molar-refractivity contribution in [1.29, 1.82) is 0 Å². The maximum atomic E-state index is 13.3. The lowest BCUT2D eigenvalue weighted by Gasteiger charge is -2.16. The first kappa shape index (κ1) is 14.9. The molecule has 0 spiro atoms. The van der Waals surface area contributed by atoms with Gasteiger partial charge in [0.15, 0.2) is 0 Å². The van der Waals surface area contributed by atoms with Crippen molar-refractivity contribution in [1.82, 2.24) is 5.32 Å². The molecule has 0 bridgehead atoms. The number of non-ortho nitro benzene ring substituents is 1. The number of carbonyl (C=O) groups excluding carboxylic acids is 1. The van der Waals surface area contributed by atoms with Gasteiger partial charge in [-0.2, -0.15) is 0 Å². The maximum Gasteiger partial charge on any atom is 0.305 e. The van der Waals surface area contributed by atoms with E-state index in [4.69, 9.17) is 5.11 Å². The first-order valence-corrected chi connectivity index (χ1v) is 6.34. The van der Waals surface area contributed by atoms with Gasteiger partial charge in [-0.25, -0.2) is 4.39 Å². The highest BCUT2D eigenvalue weighted by Gasteiger charge is 2.34. The summed E-state index contributed by atoms with van der Waals surface area (Å²) in [5.41, 5.74) is -0.723. The monoisotopic (exact) mass is 296 g/mol. The summed E-state index contributed by atoms with van der Waals surface area (Å²) in [6, 6.07) is 2.01. The average molecular weight is 296 g/mol. The van der Waals surface area contributed by atoms with Gasteiger partial charge in [0.25, 0.3) is 11.6 Å². The Balaban J connectivity index is 2.15. The predicted octanol–water partition coefficient (Wildman–Crippen LogP) is 1.72. The lowest BCUT2D eigenvalue weighted by molar-refractivity contribution is -0.385. The number of hydrogen-bond acceptors (Lipinski definition) is 4. The van der Waals surface area contributed by atoms with Gasteiger partial charge in [0.1, 0.15) is 5.82 Å². The Morgan fingerprint density at radius 2 is 2.10 bits per heavy atom. The molecule has 1 saturated carbocycles. The fourth-order valence-corrected chi connectivity index (χ4v) is 2.08. The van der Waals surface area contributed by atoms with Gasteiger partial charge in [0.2, 0.25) is 0 Å². The van der Waals surface area contributed by atoms with Gasteiger partial charge in [-0.1, -0.05) is 0 Å². The highest BCUT2D eigenvalue weighted by atomic mass is 19.1. The molecular weight excluding hydrogens is 283 g/mol. The highest BCUT2D eigenvalue weighted by Crippen LogP contribution is 2.34. The van der Waals surface area contributed by atoms with Crippen LogP contribution in [0.5, 0.6) is 0 Å². The van der Waals surface area contributed by atoms with E-state index >= 15 is 0 Å². The fourth-order valence-electron chi connectivity index (χ4n) is 2.08. The first-order chi connectivity index (χ1) is 9.86. The molecule has 1 aliphatic carbocycles. The number of hydrogen-bond donors (Lipinski definition) is 2. The third kappa shape index (κ3) is 3.98. The number of aliphatic carboxylic acids is 1. The Hall–Kier alpha value is -2.51. The number of benzene rings is 1. The molecule has 2 N–H and O–H groups in total. The van der Waals surface area contributed by atoms with Crippen molar-refractivity contribution in [2.75, 3.05) is 0 Å². The molecule has 1 aromatic rings. The quantitative estimate of drug-likeness (QED) is 0.613. The number of nitrogens with one attached hydrogen (secondary N) is 1. The zero-order chi connectivity index (χ0) is 15.6. The van der Waals surface area contributed by atoms with E-state index in [1.165, 1.54) is 0 Å². The molecule has 1 unspecified atom stereocenters. The van der Waals surface area contributed by atoms with Crippen LogP contribution in [0.15, 0.2) is 18.2 Å². The fraction of sp³-hybridized carbons (Fsp3) is 0.385. The number of nitro groups is 1. The summed E-state index contributed by atoms with van der Waals surface area (Å²) < 4.78 is 13.3. The predicted molar refractivity (Wildman–Crippen MR) is 69.3 cm³/mol. The molecule has 112 valence electrons. The van der Waals surface area contributed by atoms with Crippen LogP contribution < -0.4 is 5.32 Å². The summed E-state index contributed by atoms with van der Waals surface area (Å²) >= 11 is 0. The van der Waals surface area contributed by atoms with E-state index in [0.717, 1.165) is 25.0 Å². The zero-order valence-corrected chi connectivity index (χ0v) is 10.9. The molecule has 2 rings (SSSR count). The molecule has 1 fully saturated rings. The van der Waals surface area contributed by atoms with Crippen LogP contribution in [0.3, 0.4) is 0 Å². The van der Waals surface area contributed by atoms with Gasteiger partial charge in [-0.05, 0) is 24.8 Å². The normalized spacial score (nSPS) is 15.3. The number of nitrogens with zero attached hydrogens (tertiary/aromatic N) is 1. The summed E-state index contributed by atoms with van der Waals surface area (Å²) in [6.45, 7) is 0. The number of carboxylic acid groups (broad SMARTS) is 1. The molecule has 1 aliphatic rings. The smallest absolute Gasteiger partial charge is 0.305 e. The Kier molecular flexibility index (Phi) is 4.15. The molecule has 1 amide bonds. The van der Waals surface area contributed by atoms with E-state index < -0.39 is 34.3 Å². The Labute approximate surface area is 118 Å². The lowest BCUT2D eigenvalue weighted by atomic mass is 10.1. The van der Waals surface area contributed by atoms with E-state index in [0.29, 0.717) is 6.07 Å². The zero-order valence-electron chi connectivity index (χ0n) is 10.9. The molecule has 0 radical (unpaired) electrons. The molecule has 1 aromatic carbocycles. The summed E-state index contributed by atoms with van der Waals surface area (Å²) in [7, 11) is 0. The molecule has 8 heteroatoms. The molecule has 0 aliphatic heterocycles. The second-order valence-corrected chi connectivity index (χ2v) is 4.97. The molecule has 1 atom stereocenters. The lowest BCUT2D eigenvalue weighted by Crippen LogP contribution is -2.38. The molecule has 0 aromatic heterocycles. The minimum absolute atomic E-state index is 0.0913. The van der Waals surface area contributed by atoms with Crippen molar-refractivity contribution < 1.29 is 24.0 Å². The Morgan fingerprint density at radius 3 is 2.62 bits per heavy atom. The largest absolute Gasteiger partial charge is 0.481 e. The van der Waals surface area contributed by atoms with Gasteiger partial charge in [0, 0.05) is 17.7 Å². The summed E-state index contributed by atoms with van der Waals surface area (Å²) in [4.78, 5) is 32.6. The van der Waals surface area contributed by atoms with Gasteiger partial charge >= 0.3 is 5.97 Å². The van der Waals surface area contributed by atoms with Gasteiger partial charge < -0.3 is 10.4 Å². The van der Waals surface area contributed by atoms with Crippen molar-refractivity contribution in [3.05, 3.63) is 39.7 Å². The molecule has 0 saturated heterocycles. The van der Waals surface area contributed by atoms with Crippen LogP contribution >= 0.6 is 0 Å². The summed E-state index contributed by atoms with van der Waals surface area (Å²) in [5, 5.41) is 22.0. The van der Waals surface area contributed by atoms with E-state index in [-0.39, 0.29) is 17.9 Å². The molecule has 21 heavy (non-hydrogen) atoms. The van der Waals surface area contributed by atoms with Crippen molar-refractivity contribution in [3.63, 3.8) is 0 Å². The van der Waals surface area contributed by atoms with Crippen LogP contribution in [0.4, 0.5) is 10.1 Å². The van der Waals surface area contributed by atoms with Crippen LogP contribution in [0.1, 0.15) is 29.6 Å². The van der Waals surface area contributed by atoms with Crippen molar-refractivity contribution in [2.24, 2.45) is 5.92 Å². The van der Waals surface area contributed by atoms with Crippen molar-refractivity contribution >= 4 is 17.6 Å². The molecule has 7 nitrogen and oxygen atoms in total. The van der Waals surface area contributed by atoms with Gasteiger partial charge in [-0.15, -0.1) is 0 Å². The third-order valence-corrected chi connectivity index (χ3v) is 3.26. The van der Waals surface area contributed by atoms with Crippen LogP contribution in [0, 0.1) is 21.8 Å². The average Bonchev–Trinajstić information content (AvgIpc) is 3.20. The standard InChI is InChI=1S/C13H13FN2O5/c14-9-3-8(4-10(5-9)16(20)21)13(19)15-11(6-12(17)18)7-1-2-7/h3-5,7,11H,1-2,6H2,(H,15,19)(H,17,18). The number of amides is 1. The second-order valence-electron chi connectivity index (χ2n) is 4.97. The number of carboxylic acids is 1. The van der Waals surface area contributed by atoms with Crippen LogP contribution in [-0.4, -0.2) is 27.9 Å². The first-order valence-electron chi connectivity index (χ1n) is 6.34. The van der Waals surface area contributed by atoms with Gasteiger partial charge in [0.05, 0.1) is 17.4 Å². The van der Waals surface area contributed by atoms with Crippen LogP contribution in [-0.2, 0) is 4.79 Å². The number of rotatable bonds is 6. The third-order valence-electron chi connectivity index (χ3n) is 3.26. The number of nitro benzene ring substituents is 1. The van der Waals surface area contributed by atoms with E-state index in [1.807, 2.05) is 0 Å². The molecular formula is C13H13FN2O5. The van der Waals surface area contributed by atoms with E-state index in [2.05, 4.69) is 5.32 Å². The minimum Gasteiger partial charge on any atom is -0.481 e. The minimum atomic E-state index is -1.04. The topological polar surface area (TPSA) is 110 Å². The molecule has 0 heterocycles. The van der Waals surface area contributed by atoms with Crippen molar-refractivity contribution in [2.45, 2.75) is 25.3 Å². The number of carbonyl (C=O) groups is 2.